The van der Waals surface area contributed by atoms with Gasteiger partial charge in [-0.05, 0) is 26.3 Å². The molecule has 14 heavy (non-hydrogen) atoms. The fraction of sp³-hybridized carbons (Fsp3) is 0.900. The summed E-state index contributed by atoms with van der Waals surface area (Å²) < 4.78 is 4.96. The number of nitrogens with zero attached hydrogens (tertiary/aromatic N) is 1. The zero-order valence-electron chi connectivity index (χ0n) is 8.95. The number of likely N-dealkylation sites (tertiary alicyclic amines) is 1. The fourth-order valence-electron chi connectivity index (χ4n) is 1.85. The maximum atomic E-state index is 10.9. The average Bonchev–Trinajstić information content (AvgIpc) is 2.50. The number of aliphatic carboxylic acids is 1. The van der Waals surface area contributed by atoms with Gasteiger partial charge < -0.3 is 14.7 Å². The van der Waals surface area contributed by atoms with E-state index in [-0.39, 0.29) is 0 Å². The molecule has 0 aromatic rings. The molecule has 1 heterocycles. The van der Waals surface area contributed by atoms with Gasteiger partial charge >= 0.3 is 5.97 Å². The molecule has 1 atom stereocenters. The van der Waals surface area contributed by atoms with Crippen molar-refractivity contribution >= 4 is 5.97 Å². The van der Waals surface area contributed by atoms with Crippen LogP contribution in [-0.2, 0) is 9.53 Å². The Balaban J connectivity index is 2.30. The van der Waals surface area contributed by atoms with E-state index in [1.807, 2.05) is 6.92 Å². The monoisotopic (exact) mass is 201 g/mol. The molecule has 0 aromatic carbocycles. The van der Waals surface area contributed by atoms with E-state index >= 15 is 0 Å². The molecule has 0 saturated carbocycles. The summed E-state index contributed by atoms with van der Waals surface area (Å²) in [6.07, 6.45) is 1.74. The maximum Gasteiger partial charge on any atom is 0.310 e. The van der Waals surface area contributed by atoms with Crippen LogP contribution in [0, 0.1) is 5.41 Å². The average molecular weight is 201 g/mol. The van der Waals surface area contributed by atoms with Crippen LogP contribution in [0.15, 0.2) is 0 Å². The van der Waals surface area contributed by atoms with Crippen molar-refractivity contribution < 1.29 is 14.6 Å². The van der Waals surface area contributed by atoms with Crippen LogP contribution in [0.1, 0.15) is 19.8 Å². The standard InChI is InChI=1S/C10H19NO3/c1-10(9(12)13)4-6-11(8-10)5-3-7-14-2/h3-8H2,1-2H3,(H,12,13). The molecule has 0 bridgehead atoms. The van der Waals surface area contributed by atoms with Crippen molar-refractivity contribution in [2.24, 2.45) is 5.41 Å². The summed E-state index contributed by atoms with van der Waals surface area (Å²) in [5, 5.41) is 9.01. The first-order valence-electron chi connectivity index (χ1n) is 5.03. The highest BCUT2D eigenvalue weighted by Gasteiger charge is 2.39. The van der Waals surface area contributed by atoms with Crippen LogP contribution in [0.5, 0.6) is 0 Å². The van der Waals surface area contributed by atoms with Gasteiger partial charge in [-0.15, -0.1) is 0 Å². The van der Waals surface area contributed by atoms with Crippen LogP contribution in [0.2, 0.25) is 0 Å². The Bertz CT molecular complexity index is 208. The molecule has 1 rings (SSSR count). The topological polar surface area (TPSA) is 49.8 Å². The quantitative estimate of drug-likeness (QED) is 0.669. The van der Waals surface area contributed by atoms with Crippen molar-refractivity contribution in [1.82, 2.24) is 4.90 Å². The van der Waals surface area contributed by atoms with E-state index in [1.54, 1.807) is 7.11 Å². The van der Waals surface area contributed by atoms with Crippen LogP contribution in [0.3, 0.4) is 0 Å². The normalized spacial score (nSPS) is 28.1. The second-order valence-corrected chi connectivity index (χ2v) is 4.24. The third-order valence-corrected chi connectivity index (χ3v) is 2.89. The number of methoxy groups -OCH3 is 1. The van der Waals surface area contributed by atoms with Crippen LogP contribution in [0.25, 0.3) is 0 Å². The molecule has 1 unspecified atom stereocenters. The van der Waals surface area contributed by atoms with Crippen molar-refractivity contribution in [3.63, 3.8) is 0 Å². The summed E-state index contributed by atoms with van der Waals surface area (Å²) in [5.74, 6) is -0.674. The number of carboxylic acid groups (broad SMARTS) is 1. The predicted octanol–water partition coefficient (Wildman–Crippen LogP) is 0.820. The SMILES string of the molecule is COCCCN1CCC(C)(C(=O)O)C1. The Hall–Kier alpha value is -0.610. The molecular weight excluding hydrogens is 182 g/mol. The van der Waals surface area contributed by atoms with Gasteiger partial charge in [0, 0.05) is 26.8 Å². The molecule has 82 valence electrons. The molecule has 1 aliphatic heterocycles. The Kier molecular flexibility index (Phi) is 3.89. The Morgan fingerprint density at radius 1 is 1.64 bits per heavy atom. The Morgan fingerprint density at radius 3 is 2.86 bits per heavy atom. The molecule has 0 aromatic heterocycles. The van der Waals surface area contributed by atoms with Crippen molar-refractivity contribution in [2.45, 2.75) is 19.8 Å². The minimum atomic E-state index is -0.674. The van der Waals surface area contributed by atoms with Gasteiger partial charge in [0.15, 0.2) is 0 Å². The summed E-state index contributed by atoms with van der Waals surface area (Å²) in [6.45, 7) is 5.08. The zero-order valence-corrected chi connectivity index (χ0v) is 8.95. The highest BCUT2D eigenvalue weighted by molar-refractivity contribution is 5.74. The summed E-state index contributed by atoms with van der Waals surface area (Å²) in [4.78, 5) is 13.1. The molecule has 0 amide bonds. The van der Waals surface area contributed by atoms with Crippen LogP contribution < -0.4 is 0 Å². The predicted molar refractivity (Wildman–Crippen MR) is 53.3 cm³/mol. The molecule has 1 N–H and O–H groups in total. The van der Waals surface area contributed by atoms with E-state index in [0.29, 0.717) is 6.54 Å². The van der Waals surface area contributed by atoms with Crippen LogP contribution >= 0.6 is 0 Å². The summed E-state index contributed by atoms with van der Waals surface area (Å²) in [7, 11) is 1.69. The molecule has 0 aliphatic carbocycles. The second kappa shape index (κ2) is 4.75. The highest BCUT2D eigenvalue weighted by atomic mass is 16.5. The van der Waals surface area contributed by atoms with Crippen molar-refractivity contribution in [3.05, 3.63) is 0 Å². The number of rotatable bonds is 5. The van der Waals surface area contributed by atoms with Gasteiger partial charge in [0.25, 0.3) is 0 Å². The first kappa shape index (κ1) is 11.5. The van der Waals surface area contributed by atoms with Gasteiger partial charge in [-0.2, -0.15) is 0 Å². The number of carboxylic acids is 1. The van der Waals surface area contributed by atoms with Gasteiger partial charge in [-0.3, -0.25) is 4.79 Å². The molecule has 1 aliphatic rings. The minimum Gasteiger partial charge on any atom is -0.481 e. The van der Waals surface area contributed by atoms with Gasteiger partial charge in [-0.25, -0.2) is 0 Å². The van der Waals surface area contributed by atoms with E-state index in [9.17, 15) is 4.79 Å². The van der Waals surface area contributed by atoms with Crippen molar-refractivity contribution in [1.29, 1.82) is 0 Å². The minimum absolute atomic E-state index is 0.535. The summed E-state index contributed by atoms with van der Waals surface area (Å²) >= 11 is 0. The molecule has 1 fully saturated rings. The molecule has 0 spiro atoms. The Morgan fingerprint density at radius 2 is 2.36 bits per heavy atom. The van der Waals surface area contributed by atoms with Gasteiger partial charge in [-0.1, -0.05) is 0 Å². The smallest absolute Gasteiger partial charge is 0.310 e. The highest BCUT2D eigenvalue weighted by Crippen LogP contribution is 2.29. The van der Waals surface area contributed by atoms with Gasteiger partial charge in [0.2, 0.25) is 0 Å². The first-order valence-corrected chi connectivity index (χ1v) is 5.03. The molecular formula is C10H19NO3. The van der Waals surface area contributed by atoms with E-state index < -0.39 is 11.4 Å². The lowest BCUT2D eigenvalue weighted by Gasteiger charge is -2.19. The second-order valence-electron chi connectivity index (χ2n) is 4.24. The lowest BCUT2D eigenvalue weighted by Crippen LogP contribution is -2.32. The number of hydrogen-bond donors (Lipinski definition) is 1. The van der Waals surface area contributed by atoms with Gasteiger partial charge in [0.05, 0.1) is 5.41 Å². The molecule has 1 saturated heterocycles. The van der Waals surface area contributed by atoms with E-state index in [1.165, 1.54) is 0 Å². The third-order valence-electron chi connectivity index (χ3n) is 2.89. The summed E-state index contributed by atoms with van der Waals surface area (Å²) in [6, 6.07) is 0. The lowest BCUT2D eigenvalue weighted by molar-refractivity contribution is -0.147. The van der Waals surface area contributed by atoms with Crippen molar-refractivity contribution in [2.75, 3.05) is 33.4 Å². The van der Waals surface area contributed by atoms with Gasteiger partial charge in [0.1, 0.15) is 0 Å². The summed E-state index contributed by atoms with van der Waals surface area (Å²) in [5.41, 5.74) is -0.535. The molecule has 0 radical (unpaired) electrons. The molecule has 4 heteroatoms. The lowest BCUT2D eigenvalue weighted by atomic mass is 9.90. The fourth-order valence-corrected chi connectivity index (χ4v) is 1.85. The zero-order chi connectivity index (χ0) is 10.6. The molecule has 4 nitrogen and oxygen atoms in total. The van der Waals surface area contributed by atoms with Crippen molar-refractivity contribution in [3.8, 4) is 0 Å². The first-order chi connectivity index (χ1) is 6.58. The number of carbonyl (C=O) groups is 1. The maximum absolute atomic E-state index is 10.9. The van der Waals surface area contributed by atoms with Crippen LogP contribution in [-0.4, -0.2) is 49.3 Å². The third kappa shape index (κ3) is 2.69. The Labute approximate surface area is 84.8 Å². The number of ether oxygens (including phenoxy) is 1. The van der Waals surface area contributed by atoms with E-state index in [0.717, 1.165) is 32.5 Å². The van der Waals surface area contributed by atoms with E-state index in [4.69, 9.17) is 9.84 Å². The number of hydrogen-bond acceptors (Lipinski definition) is 3. The van der Waals surface area contributed by atoms with Crippen LogP contribution in [0.4, 0.5) is 0 Å². The largest absolute Gasteiger partial charge is 0.481 e. The van der Waals surface area contributed by atoms with E-state index in [2.05, 4.69) is 4.90 Å².